The fraction of sp³-hybridized carbons (Fsp3) is 0.867. The first-order valence-electron chi connectivity index (χ1n) is 15.5. The maximum atomic E-state index is 13.5. The van der Waals surface area contributed by atoms with E-state index in [0.29, 0.717) is 6.42 Å². The molecule has 0 amide bonds. The van der Waals surface area contributed by atoms with Crippen LogP contribution in [0.2, 0.25) is 0 Å². The molecule has 0 radical (unpaired) electrons. The van der Waals surface area contributed by atoms with Crippen molar-refractivity contribution in [1.82, 2.24) is 0 Å². The molecule has 0 aromatic rings. The van der Waals surface area contributed by atoms with Gasteiger partial charge < -0.3 is 19.3 Å². The summed E-state index contributed by atoms with van der Waals surface area (Å²) in [6.45, 7) is 5.01. The van der Waals surface area contributed by atoms with Crippen molar-refractivity contribution in [2.24, 2.45) is 46.3 Å². The first kappa shape index (κ1) is 37.1. The van der Waals surface area contributed by atoms with Crippen molar-refractivity contribution in [3.63, 3.8) is 0 Å². The molecular formula is C30H37F9O8. The Morgan fingerprint density at radius 2 is 1.32 bits per heavy atom. The lowest BCUT2D eigenvalue weighted by Crippen LogP contribution is -2.64. The van der Waals surface area contributed by atoms with Crippen LogP contribution in [-0.2, 0) is 33.4 Å². The summed E-state index contributed by atoms with van der Waals surface area (Å²) >= 11 is 0. The molecule has 0 aliphatic heterocycles. The Balaban J connectivity index is 1.77. The van der Waals surface area contributed by atoms with Crippen molar-refractivity contribution >= 4 is 23.9 Å². The second kappa shape index (κ2) is 12.6. The average Bonchev–Trinajstić information content (AvgIpc) is 3.29. The molecule has 0 aromatic carbocycles. The van der Waals surface area contributed by atoms with Crippen molar-refractivity contribution in [1.29, 1.82) is 0 Å². The van der Waals surface area contributed by atoms with Gasteiger partial charge in [0.25, 0.3) is 0 Å². The number of esters is 3. The van der Waals surface area contributed by atoms with Crippen molar-refractivity contribution in [3.05, 3.63) is 0 Å². The van der Waals surface area contributed by atoms with E-state index in [1.807, 2.05) is 0 Å². The number of carbonyl (C=O) groups is 4. The minimum absolute atomic E-state index is 0.0746. The number of fused-ring (bicyclic) bond motifs is 5. The summed E-state index contributed by atoms with van der Waals surface area (Å²) in [7, 11) is 0. The smallest absolute Gasteiger partial charge is 0.481 e. The van der Waals surface area contributed by atoms with Gasteiger partial charge in [0, 0.05) is 17.8 Å². The van der Waals surface area contributed by atoms with Gasteiger partial charge in [0.1, 0.15) is 18.3 Å². The fourth-order valence-corrected chi connectivity index (χ4v) is 9.64. The summed E-state index contributed by atoms with van der Waals surface area (Å²) in [6, 6.07) is 0. The van der Waals surface area contributed by atoms with E-state index in [1.165, 1.54) is 0 Å². The summed E-state index contributed by atoms with van der Waals surface area (Å²) in [5.74, 6) is -12.6. The normalized spacial score (nSPS) is 37.9. The maximum absolute atomic E-state index is 13.5. The van der Waals surface area contributed by atoms with Crippen LogP contribution in [-0.4, -0.2) is 65.8 Å². The molecule has 4 saturated carbocycles. The largest absolute Gasteiger partial charge is 0.490 e. The van der Waals surface area contributed by atoms with Crippen LogP contribution in [0.4, 0.5) is 39.5 Å². The minimum Gasteiger partial charge on any atom is -0.481 e. The monoisotopic (exact) mass is 696 g/mol. The third-order valence-corrected chi connectivity index (χ3v) is 11.7. The Labute approximate surface area is 264 Å². The fourth-order valence-electron chi connectivity index (χ4n) is 9.64. The second-order valence-electron chi connectivity index (χ2n) is 14.1. The Hall–Kier alpha value is -2.75. The van der Waals surface area contributed by atoms with E-state index in [9.17, 15) is 63.8 Å². The predicted octanol–water partition coefficient (Wildman–Crippen LogP) is 6.79. The van der Waals surface area contributed by atoms with E-state index >= 15 is 0 Å². The third-order valence-electron chi connectivity index (χ3n) is 11.7. The molecule has 0 heterocycles. The van der Waals surface area contributed by atoms with E-state index in [1.54, 1.807) is 20.8 Å². The van der Waals surface area contributed by atoms with E-state index in [4.69, 9.17) is 9.47 Å². The highest BCUT2D eigenvalue weighted by Gasteiger charge is 2.68. The van der Waals surface area contributed by atoms with Crippen LogP contribution in [0, 0.1) is 46.3 Å². The number of hydrogen-bond acceptors (Lipinski definition) is 7. The van der Waals surface area contributed by atoms with Crippen molar-refractivity contribution in [3.8, 4) is 0 Å². The average molecular weight is 697 g/mol. The van der Waals surface area contributed by atoms with Crippen molar-refractivity contribution in [2.75, 3.05) is 0 Å². The van der Waals surface area contributed by atoms with Gasteiger partial charge in [-0.05, 0) is 86.4 Å². The zero-order valence-electron chi connectivity index (χ0n) is 25.8. The van der Waals surface area contributed by atoms with Gasteiger partial charge in [-0.1, -0.05) is 20.8 Å². The Bertz CT molecular complexity index is 1230. The lowest BCUT2D eigenvalue weighted by Gasteiger charge is -2.64. The molecule has 0 aromatic heterocycles. The van der Waals surface area contributed by atoms with Gasteiger partial charge in [0.2, 0.25) is 0 Å². The molecule has 0 saturated heterocycles. The zero-order chi connectivity index (χ0) is 35.5. The van der Waals surface area contributed by atoms with Crippen LogP contribution in [0.3, 0.4) is 0 Å². The quantitative estimate of drug-likeness (QED) is 0.176. The molecule has 4 rings (SSSR count). The Morgan fingerprint density at radius 1 is 0.766 bits per heavy atom. The van der Waals surface area contributed by atoms with Crippen LogP contribution >= 0.6 is 0 Å². The minimum atomic E-state index is -5.40. The van der Waals surface area contributed by atoms with Crippen LogP contribution in [0.5, 0.6) is 0 Å². The number of rotatable bonds is 7. The molecule has 4 aliphatic carbocycles. The summed E-state index contributed by atoms with van der Waals surface area (Å²) in [5.41, 5.74) is -2.23. The molecular weight excluding hydrogens is 659 g/mol. The molecule has 0 spiro atoms. The highest BCUT2D eigenvalue weighted by atomic mass is 19.4. The topological polar surface area (TPSA) is 116 Å². The van der Waals surface area contributed by atoms with Crippen LogP contribution in [0.25, 0.3) is 0 Å². The van der Waals surface area contributed by atoms with Crippen LogP contribution in [0.15, 0.2) is 0 Å². The Kier molecular flexibility index (Phi) is 9.95. The number of aliphatic carboxylic acids is 1. The molecule has 1 N–H and O–H groups in total. The standard InChI is InChI=1S/C30H37F9O8/c1-13(4-7-21(40)41)16-5-6-17-22-18(12-20(27(16,17)3)47-25(44)30(37,38)39)26(2)9-8-15(45-23(42)28(31,32)33)10-14(26)11-19(22)46-24(43)29(34,35)36/h13-20,22H,4-12H2,1-3H3,(H,40,41)/t13-,14+,15-,16-,17+,18+,19-,20+,22+,26+,27-/m1/s1. The number of hydrogen-bond donors (Lipinski definition) is 1. The van der Waals surface area contributed by atoms with Gasteiger partial charge in [-0.3, -0.25) is 4.79 Å². The van der Waals surface area contributed by atoms with Crippen molar-refractivity contribution in [2.45, 2.75) is 115 Å². The van der Waals surface area contributed by atoms with Gasteiger partial charge in [-0.25, -0.2) is 14.4 Å². The summed E-state index contributed by atoms with van der Waals surface area (Å²) in [6.07, 6.45) is -20.5. The first-order valence-corrected chi connectivity index (χ1v) is 15.5. The molecule has 4 aliphatic rings. The number of carbonyl (C=O) groups excluding carboxylic acids is 3. The van der Waals surface area contributed by atoms with E-state index < -0.39 is 107 Å². The van der Waals surface area contributed by atoms with E-state index in [-0.39, 0.29) is 51.4 Å². The van der Waals surface area contributed by atoms with Gasteiger partial charge in [-0.15, -0.1) is 0 Å². The predicted molar refractivity (Wildman–Crippen MR) is 140 cm³/mol. The van der Waals surface area contributed by atoms with Gasteiger partial charge in [0.05, 0.1) is 0 Å². The third kappa shape index (κ3) is 7.18. The lowest BCUT2D eigenvalue weighted by atomic mass is 9.43. The molecule has 11 atom stereocenters. The molecule has 47 heavy (non-hydrogen) atoms. The molecule has 17 heteroatoms. The van der Waals surface area contributed by atoms with Crippen molar-refractivity contribution < 1.29 is 78.0 Å². The van der Waals surface area contributed by atoms with Gasteiger partial charge in [-0.2, -0.15) is 39.5 Å². The zero-order valence-corrected chi connectivity index (χ0v) is 25.8. The summed E-state index contributed by atoms with van der Waals surface area (Å²) in [4.78, 5) is 47.3. The SMILES string of the molecule is C[C@H](CCC(=O)O)[C@H]1CC[C@H]2[C@@H]3[C@H](OC(=O)C(F)(F)F)C[C@@H]4C[C@H](OC(=O)C(F)(F)F)CC[C@]4(C)[C@H]3C[C@H](OC(=O)C(F)(F)F)[C@]12C. The second-order valence-corrected chi connectivity index (χ2v) is 14.1. The first-order chi connectivity index (χ1) is 21.4. The maximum Gasteiger partial charge on any atom is 0.490 e. The highest BCUT2D eigenvalue weighted by Crippen LogP contribution is 2.69. The molecule has 0 unspecified atom stereocenters. The number of carboxylic acid groups (broad SMARTS) is 1. The summed E-state index contributed by atoms with van der Waals surface area (Å²) < 4.78 is 135. The number of carboxylic acids is 1. The van der Waals surface area contributed by atoms with Crippen LogP contribution in [0.1, 0.15) is 78.6 Å². The molecule has 0 bridgehead atoms. The number of halogens is 9. The Morgan fingerprint density at radius 3 is 1.87 bits per heavy atom. The van der Waals surface area contributed by atoms with Gasteiger partial charge in [0.15, 0.2) is 0 Å². The van der Waals surface area contributed by atoms with Crippen LogP contribution < -0.4 is 0 Å². The van der Waals surface area contributed by atoms with E-state index in [2.05, 4.69) is 4.74 Å². The van der Waals surface area contributed by atoms with Gasteiger partial charge >= 0.3 is 42.4 Å². The highest BCUT2D eigenvalue weighted by molar-refractivity contribution is 5.76. The number of alkyl halides is 9. The molecule has 8 nitrogen and oxygen atoms in total. The summed E-state index contributed by atoms with van der Waals surface area (Å²) in [5, 5.41) is 9.23. The van der Waals surface area contributed by atoms with E-state index in [0.717, 1.165) is 0 Å². The molecule has 268 valence electrons. The number of ether oxygens (including phenoxy) is 3. The lowest BCUT2D eigenvalue weighted by molar-refractivity contribution is -0.251. The molecule has 4 fully saturated rings.